The van der Waals surface area contributed by atoms with Gasteiger partial charge >= 0.3 is 0 Å². The zero-order chi connectivity index (χ0) is 14.0. The highest BCUT2D eigenvalue weighted by Gasteiger charge is 2.17. The highest BCUT2D eigenvalue weighted by atomic mass is 79.9. The maximum absolute atomic E-state index is 13.4. The number of benzene rings is 1. The van der Waals surface area contributed by atoms with Crippen molar-refractivity contribution in [1.82, 2.24) is 5.32 Å². The van der Waals surface area contributed by atoms with Gasteiger partial charge in [0.15, 0.2) is 0 Å². The largest absolute Gasteiger partial charge is 0.312 e. The zero-order valence-corrected chi connectivity index (χ0v) is 13.8. The third kappa shape index (κ3) is 3.57. The minimum absolute atomic E-state index is 0.0971. The summed E-state index contributed by atoms with van der Waals surface area (Å²) < 4.78 is 14.1. The summed E-state index contributed by atoms with van der Waals surface area (Å²) in [5.41, 5.74) is 2.02. The lowest BCUT2D eigenvalue weighted by Crippen LogP contribution is -2.18. The van der Waals surface area contributed by atoms with Gasteiger partial charge in [-0.25, -0.2) is 4.39 Å². The number of nitrogens with one attached hydrogen (secondary N) is 1. The summed E-state index contributed by atoms with van der Waals surface area (Å²) in [5, 5.41) is 6.10. The first-order chi connectivity index (χ1) is 9.01. The Morgan fingerprint density at radius 1 is 1.42 bits per heavy atom. The summed E-state index contributed by atoms with van der Waals surface area (Å²) in [4.78, 5) is 1.10. The Hall–Kier alpha value is -0.420. The average molecular weight is 363 g/mol. The van der Waals surface area contributed by atoms with Crippen molar-refractivity contribution in [3.05, 3.63) is 54.9 Å². The molecule has 102 valence electrons. The molecule has 0 aliphatic heterocycles. The van der Waals surface area contributed by atoms with Crippen molar-refractivity contribution in [2.24, 2.45) is 0 Å². The van der Waals surface area contributed by atoms with Gasteiger partial charge in [-0.3, -0.25) is 0 Å². The van der Waals surface area contributed by atoms with Gasteiger partial charge in [-0.2, -0.15) is 0 Å². The molecule has 5 heteroatoms. The minimum atomic E-state index is -0.229. The maximum Gasteiger partial charge on any atom is 0.124 e. The van der Waals surface area contributed by atoms with E-state index in [1.54, 1.807) is 17.4 Å². The van der Waals surface area contributed by atoms with E-state index in [2.05, 4.69) is 21.2 Å². The first-order valence-corrected chi connectivity index (χ1v) is 7.92. The molecule has 0 saturated carbocycles. The molecular weight excluding hydrogens is 349 g/mol. The number of thiophene rings is 1. The molecule has 0 spiro atoms. The number of hydrogen-bond acceptors (Lipinski definition) is 2. The smallest absolute Gasteiger partial charge is 0.124 e. The van der Waals surface area contributed by atoms with Crippen LogP contribution < -0.4 is 5.32 Å². The number of hydrogen-bond donors (Lipinski definition) is 1. The van der Waals surface area contributed by atoms with Crippen LogP contribution in [0.4, 0.5) is 4.39 Å². The van der Waals surface area contributed by atoms with Crippen LogP contribution in [0.5, 0.6) is 0 Å². The van der Waals surface area contributed by atoms with Crippen molar-refractivity contribution in [3.8, 4) is 0 Å². The highest BCUT2D eigenvalue weighted by molar-refractivity contribution is 9.10. The van der Waals surface area contributed by atoms with Crippen molar-refractivity contribution in [2.45, 2.75) is 19.4 Å². The molecular formula is C14H14BrClFNS. The van der Waals surface area contributed by atoms with E-state index in [-0.39, 0.29) is 11.9 Å². The lowest BCUT2D eigenvalue weighted by atomic mass is 10.0. The second-order valence-corrected chi connectivity index (χ2v) is 6.62. The van der Waals surface area contributed by atoms with E-state index in [0.29, 0.717) is 6.42 Å². The van der Waals surface area contributed by atoms with Crippen molar-refractivity contribution in [1.29, 1.82) is 0 Å². The van der Waals surface area contributed by atoms with Crippen LogP contribution in [0.15, 0.2) is 28.1 Å². The fraction of sp³-hybridized carbons (Fsp3) is 0.286. The second kappa shape index (κ2) is 6.35. The highest BCUT2D eigenvalue weighted by Crippen LogP contribution is 2.34. The summed E-state index contributed by atoms with van der Waals surface area (Å²) in [6, 6.07) is 5.05. The summed E-state index contributed by atoms with van der Waals surface area (Å²) in [6.45, 7) is 1.99. The van der Waals surface area contributed by atoms with Crippen LogP contribution in [0.1, 0.15) is 22.0 Å². The van der Waals surface area contributed by atoms with Gasteiger partial charge in [0.2, 0.25) is 0 Å². The molecule has 1 unspecified atom stereocenters. The zero-order valence-electron chi connectivity index (χ0n) is 10.6. The predicted octanol–water partition coefficient (Wildman–Crippen LogP) is 5.11. The Labute approximate surface area is 129 Å². The predicted molar refractivity (Wildman–Crippen MR) is 83.7 cm³/mol. The van der Waals surface area contributed by atoms with Crippen LogP contribution in [0, 0.1) is 12.7 Å². The molecule has 0 aliphatic carbocycles. The first-order valence-electron chi connectivity index (χ1n) is 5.87. The number of likely N-dealkylation sites (N-methyl/N-ethyl adjacent to an activating group) is 1. The van der Waals surface area contributed by atoms with Crippen LogP contribution in [0.2, 0.25) is 5.02 Å². The van der Waals surface area contributed by atoms with Gasteiger partial charge < -0.3 is 5.32 Å². The molecule has 1 atom stereocenters. The molecule has 1 aromatic heterocycles. The molecule has 1 heterocycles. The third-order valence-corrected chi connectivity index (χ3v) is 5.24. The minimum Gasteiger partial charge on any atom is -0.312 e. The molecule has 1 nitrogen and oxygen atoms in total. The van der Waals surface area contributed by atoms with Crippen LogP contribution >= 0.6 is 38.9 Å². The summed E-state index contributed by atoms with van der Waals surface area (Å²) in [5.74, 6) is -0.229. The molecule has 1 N–H and O–H groups in total. The van der Waals surface area contributed by atoms with Crippen LogP contribution in [0.3, 0.4) is 0 Å². The molecule has 0 fully saturated rings. The monoisotopic (exact) mass is 361 g/mol. The topological polar surface area (TPSA) is 12.0 Å². The Morgan fingerprint density at radius 2 is 2.16 bits per heavy atom. The van der Waals surface area contributed by atoms with Crippen molar-refractivity contribution < 1.29 is 4.39 Å². The normalized spacial score (nSPS) is 12.7. The van der Waals surface area contributed by atoms with E-state index >= 15 is 0 Å². The Bertz CT molecular complexity index is 565. The van der Waals surface area contributed by atoms with Gasteiger partial charge in [-0.1, -0.05) is 27.5 Å². The quantitative estimate of drug-likeness (QED) is 0.796. The summed E-state index contributed by atoms with van der Waals surface area (Å²) in [6.07, 6.45) is 0.701. The first kappa shape index (κ1) is 15.0. The molecule has 0 amide bonds. The number of aryl methyl sites for hydroxylation is 1. The van der Waals surface area contributed by atoms with Crippen LogP contribution in [-0.4, -0.2) is 7.05 Å². The summed E-state index contributed by atoms with van der Waals surface area (Å²) >= 11 is 11.3. The van der Waals surface area contributed by atoms with E-state index < -0.39 is 0 Å². The van der Waals surface area contributed by atoms with Gasteiger partial charge in [0.1, 0.15) is 5.82 Å². The fourth-order valence-electron chi connectivity index (χ4n) is 1.98. The molecule has 2 aromatic rings. The molecule has 2 rings (SSSR count). The van der Waals surface area contributed by atoms with Crippen molar-refractivity contribution >= 4 is 38.9 Å². The van der Waals surface area contributed by atoms with Crippen molar-refractivity contribution in [2.75, 3.05) is 7.05 Å². The second-order valence-electron chi connectivity index (χ2n) is 4.42. The molecule has 0 radical (unpaired) electrons. The fourth-order valence-corrected chi connectivity index (χ4v) is 3.92. The van der Waals surface area contributed by atoms with Gasteiger partial charge in [0.25, 0.3) is 0 Å². The number of rotatable bonds is 4. The van der Waals surface area contributed by atoms with Crippen LogP contribution in [0.25, 0.3) is 0 Å². The Balaban J connectivity index is 2.26. The number of halogens is 3. The van der Waals surface area contributed by atoms with Crippen molar-refractivity contribution in [3.63, 3.8) is 0 Å². The molecule has 0 bridgehead atoms. The summed E-state index contributed by atoms with van der Waals surface area (Å²) in [7, 11) is 1.89. The lowest BCUT2D eigenvalue weighted by Gasteiger charge is -2.16. The SMILES string of the molecule is CNC(Cc1cc(F)cc(Br)c1)c1scc(C)c1Cl. The van der Waals surface area contributed by atoms with E-state index in [1.807, 2.05) is 25.4 Å². The molecule has 1 aromatic carbocycles. The molecule has 0 aliphatic rings. The molecule has 19 heavy (non-hydrogen) atoms. The average Bonchev–Trinajstić information content (AvgIpc) is 2.66. The van der Waals surface area contributed by atoms with E-state index in [4.69, 9.17) is 11.6 Å². The van der Waals surface area contributed by atoms with Gasteiger partial charge in [-0.05, 0) is 55.1 Å². The van der Waals surface area contributed by atoms with E-state index in [1.165, 1.54) is 6.07 Å². The lowest BCUT2D eigenvalue weighted by molar-refractivity contribution is 0.591. The standard InChI is InChI=1S/C14H14BrClFNS/c1-8-7-19-14(13(8)16)12(18-2)5-9-3-10(15)6-11(17)4-9/h3-4,6-7,12,18H,5H2,1-2H3. The van der Waals surface area contributed by atoms with Gasteiger partial charge in [0, 0.05) is 15.4 Å². The van der Waals surface area contributed by atoms with E-state index in [9.17, 15) is 4.39 Å². The third-order valence-electron chi connectivity index (χ3n) is 2.95. The van der Waals surface area contributed by atoms with Gasteiger partial charge in [-0.15, -0.1) is 11.3 Å². The maximum atomic E-state index is 13.4. The van der Waals surface area contributed by atoms with Gasteiger partial charge in [0.05, 0.1) is 5.02 Å². The van der Waals surface area contributed by atoms with E-state index in [0.717, 1.165) is 25.5 Å². The Morgan fingerprint density at radius 3 is 2.68 bits per heavy atom. The Kier molecular flexibility index (Phi) is 5.01. The molecule has 0 saturated heterocycles. The van der Waals surface area contributed by atoms with Crippen LogP contribution in [-0.2, 0) is 6.42 Å².